The van der Waals surface area contributed by atoms with E-state index in [4.69, 9.17) is 4.74 Å². The fraction of sp³-hybridized carbons (Fsp3) is 0.875. The van der Waals surface area contributed by atoms with E-state index >= 15 is 0 Å². The van der Waals surface area contributed by atoms with Crippen LogP contribution in [0.1, 0.15) is 20.3 Å². The van der Waals surface area contributed by atoms with Crippen molar-refractivity contribution in [2.45, 2.75) is 20.3 Å². The minimum absolute atomic E-state index is 0.0925. The fourth-order valence-electron chi connectivity index (χ4n) is 4.04. The highest BCUT2D eigenvalue weighted by Gasteiger charge is 2.57. The average molecular weight is 325 g/mol. The summed E-state index contributed by atoms with van der Waals surface area (Å²) in [6.45, 7) is 9.47. The molecule has 0 spiro atoms. The number of nitrogens with one attached hydrogen (secondary N) is 1. The first kappa shape index (κ1) is 16.5. The van der Waals surface area contributed by atoms with Crippen molar-refractivity contribution < 1.29 is 19.4 Å². The van der Waals surface area contributed by atoms with Gasteiger partial charge in [0, 0.05) is 38.6 Å². The predicted octanol–water partition coefficient (Wildman–Crippen LogP) is 0.461. The van der Waals surface area contributed by atoms with Gasteiger partial charge in [0.1, 0.15) is 5.41 Å². The molecule has 0 aromatic heterocycles. The maximum absolute atomic E-state index is 12.3. The molecule has 3 fully saturated rings. The van der Waals surface area contributed by atoms with Crippen LogP contribution >= 0.6 is 0 Å². The molecule has 2 N–H and O–H groups in total. The predicted molar refractivity (Wildman–Crippen MR) is 84.2 cm³/mol. The van der Waals surface area contributed by atoms with Crippen LogP contribution in [0.15, 0.2) is 0 Å². The van der Waals surface area contributed by atoms with Gasteiger partial charge in [0.15, 0.2) is 0 Å². The number of amides is 2. The van der Waals surface area contributed by atoms with Crippen molar-refractivity contribution in [3.63, 3.8) is 0 Å². The molecule has 0 bridgehead atoms. The first-order valence-electron chi connectivity index (χ1n) is 8.39. The van der Waals surface area contributed by atoms with Crippen LogP contribution in [0.4, 0.5) is 4.79 Å². The molecule has 0 aromatic carbocycles. The van der Waals surface area contributed by atoms with Gasteiger partial charge in [-0.1, -0.05) is 13.8 Å². The second kappa shape index (κ2) is 5.94. The molecule has 2 amide bonds. The van der Waals surface area contributed by atoms with E-state index in [1.165, 1.54) is 6.42 Å². The summed E-state index contributed by atoms with van der Waals surface area (Å²) < 4.78 is 5.33. The van der Waals surface area contributed by atoms with Crippen molar-refractivity contribution in [2.75, 3.05) is 52.5 Å². The molecular formula is C16H27N3O4. The Balaban J connectivity index is 1.46. The number of fused-ring (bicyclic) bond motifs is 1. The highest BCUT2D eigenvalue weighted by molar-refractivity contribution is 5.80. The number of ether oxygens (including phenoxy) is 1. The SMILES string of the molecule is CC1(C)CCN(CCNC(=O)N2C[C@@H]3COC[C@]3(C(=O)O)C2)C1. The van der Waals surface area contributed by atoms with Crippen molar-refractivity contribution in [1.82, 2.24) is 15.1 Å². The number of hydrogen-bond donors (Lipinski definition) is 2. The smallest absolute Gasteiger partial charge is 0.317 e. The summed E-state index contributed by atoms with van der Waals surface area (Å²) in [5.74, 6) is -0.945. The van der Waals surface area contributed by atoms with Gasteiger partial charge >= 0.3 is 12.0 Å². The summed E-state index contributed by atoms with van der Waals surface area (Å²) in [6.07, 6.45) is 1.19. The normalized spacial score (nSPS) is 33.0. The number of carboxylic acid groups (broad SMARTS) is 1. The van der Waals surface area contributed by atoms with E-state index in [0.717, 1.165) is 19.6 Å². The third-order valence-corrected chi connectivity index (χ3v) is 5.55. The van der Waals surface area contributed by atoms with Gasteiger partial charge in [0.2, 0.25) is 0 Å². The lowest BCUT2D eigenvalue weighted by atomic mass is 9.81. The minimum Gasteiger partial charge on any atom is -0.481 e. The monoisotopic (exact) mass is 325 g/mol. The van der Waals surface area contributed by atoms with Gasteiger partial charge in [0.25, 0.3) is 0 Å². The first-order chi connectivity index (χ1) is 10.8. The standard InChI is InChI=1S/C16H27N3O4/c1-15(2)3-5-18(9-15)6-4-17-14(22)19-7-12-8-23-11-16(12,10-19)13(20)21/h12H,3-11H2,1-2H3,(H,17,22)(H,20,21)/t12-,16-/m1/s1. The average Bonchev–Trinajstić information content (AvgIpc) is 3.10. The van der Waals surface area contributed by atoms with Crippen molar-refractivity contribution in [3.8, 4) is 0 Å². The minimum atomic E-state index is -0.906. The van der Waals surface area contributed by atoms with E-state index in [2.05, 4.69) is 24.1 Å². The number of rotatable bonds is 4. The Bertz CT molecular complexity index is 496. The second-order valence-corrected chi connectivity index (χ2v) is 7.98. The number of aliphatic carboxylic acids is 1. The maximum Gasteiger partial charge on any atom is 0.317 e. The maximum atomic E-state index is 12.3. The molecule has 0 radical (unpaired) electrons. The molecule has 23 heavy (non-hydrogen) atoms. The number of carboxylic acids is 1. The van der Waals surface area contributed by atoms with E-state index in [-0.39, 0.29) is 25.1 Å². The third kappa shape index (κ3) is 3.17. The van der Waals surface area contributed by atoms with Crippen molar-refractivity contribution in [2.24, 2.45) is 16.7 Å². The third-order valence-electron chi connectivity index (χ3n) is 5.55. The van der Waals surface area contributed by atoms with Gasteiger partial charge in [-0.3, -0.25) is 4.79 Å². The summed E-state index contributed by atoms with van der Waals surface area (Å²) in [7, 11) is 0. The van der Waals surface area contributed by atoms with Crippen LogP contribution in [0.2, 0.25) is 0 Å². The molecule has 0 aliphatic carbocycles. The van der Waals surface area contributed by atoms with Crippen LogP contribution in [0.3, 0.4) is 0 Å². The van der Waals surface area contributed by atoms with Crippen LogP contribution < -0.4 is 5.32 Å². The first-order valence-corrected chi connectivity index (χ1v) is 8.39. The van der Waals surface area contributed by atoms with E-state index in [1.807, 2.05) is 0 Å². The Morgan fingerprint density at radius 1 is 1.35 bits per heavy atom. The van der Waals surface area contributed by atoms with Gasteiger partial charge in [0.05, 0.1) is 13.2 Å². The van der Waals surface area contributed by atoms with E-state index in [9.17, 15) is 14.7 Å². The lowest BCUT2D eigenvalue weighted by Crippen LogP contribution is -2.44. The van der Waals surface area contributed by atoms with E-state index in [1.54, 1.807) is 4.90 Å². The topological polar surface area (TPSA) is 82.1 Å². The molecule has 130 valence electrons. The fourth-order valence-corrected chi connectivity index (χ4v) is 4.04. The Hall–Kier alpha value is -1.34. The molecule has 0 saturated carbocycles. The van der Waals surface area contributed by atoms with Gasteiger partial charge in [-0.25, -0.2) is 4.79 Å². The zero-order valence-electron chi connectivity index (χ0n) is 14.0. The number of carbonyl (C=O) groups excluding carboxylic acids is 1. The van der Waals surface area contributed by atoms with Crippen LogP contribution in [0.25, 0.3) is 0 Å². The lowest BCUT2D eigenvalue weighted by Gasteiger charge is -2.23. The summed E-state index contributed by atoms with van der Waals surface area (Å²) >= 11 is 0. The molecule has 3 aliphatic rings. The molecule has 3 rings (SSSR count). The zero-order valence-corrected chi connectivity index (χ0v) is 14.0. The molecule has 7 nitrogen and oxygen atoms in total. The number of likely N-dealkylation sites (tertiary alicyclic amines) is 2. The largest absolute Gasteiger partial charge is 0.481 e. The van der Waals surface area contributed by atoms with Gasteiger partial charge in [-0.2, -0.15) is 0 Å². The molecule has 0 unspecified atom stereocenters. The number of nitrogens with zero attached hydrogens (tertiary/aromatic N) is 2. The Kier molecular flexibility index (Phi) is 4.27. The highest BCUT2D eigenvalue weighted by Crippen LogP contribution is 2.41. The quantitative estimate of drug-likeness (QED) is 0.785. The summed E-state index contributed by atoms with van der Waals surface area (Å²) in [4.78, 5) is 27.9. The van der Waals surface area contributed by atoms with Gasteiger partial charge < -0.3 is 25.0 Å². The van der Waals surface area contributed by atoms with Crippen molar-refractivity contribution >= 4 is 12.0 Å². The Morgan fingerprint density at radius 3 is 2.74 bits per heavy atom. The second-order valence-electron chi connectivity index (χ2n) is 7.98. The molecule has 2 atom stereocenters. The van der Waals surface area contributed by atoms with Crippen molar-refractivity contribution in [3.05, 3.63) is 0 Å². The molecule has 0 aromatic rings. The van der Waals surface area contributed by atoms with E-state index in [0.29, 0.717) is 25.1 Å². The highest BCUT2D eigenvalue weighted by atomic mass is 16.5. The Labute approximate surface area is 136 Å². The van der Waals surface area contributed by atoms with Crippen LogP contribution in [0, 0.1) is 16.7 Å². The van der Waals surface area contributed by atoms with Crippen LogP contribution in [-0.4, -0.2) is 79.4 Å². The number of carbonyl (C=O) groups is 2. The Morgan fingerprint density at radius 2 is 2.13 bits per heavy atom. The molecular weight excluding hydrogens is 298 g/mol. The number of urea groups is 1. The lowest BCUT2D eigenvalue weighted by molar-refractivity contribution is -0.149. The molecule has 3 saturated heterocycles. The van der Waals surface area contributed by atoms with Gasteiger partial charge in [-0.05, 0) is 18.4 Å². The van der Waals surface area contributed by atoms with E-state index < -0.39 is 11.4 Å². The van der Waals surface area contributed by atoms with Gasteiger partial charge in [-0.15, -0.1) is 0 Å². The molecule has 3 heterocycles. The van der Waals surface area contributed by atoms with Crippen LogP contribution in [0.5, 0.6) is 0 Å². The molecule has 7 heteroatoms. The van der Waals surface area contributed by atoms with Crippen molar-refractivity contribution in [1.29, 1.82) is 0 Å². The zero-order chi connectivity index (χ0) is 16.7. The summed E-state index contributed by atoms with van der Waals surface area (Å²) in [6, 6.07) is -0.154. The number of hydrogen-bond acceptors (Lipinski definition) is 4. The summed E-state index contributed by atoms with van der Waals surface area (Å²) in [5, 5.41) is 12.4. The van der Waals surface area contributed by atoms with Crippen LogP contribution in [-0.2, 0) is 9.53 Å². The molecule has 3 aliphatic heterocycles. The summed E-state index contributed by atoms with van der Waals surface area (Å²) in [5.41, 5.74) is -0.541.